The van der Waals surface area contributed by atoms with Crippen molar-refractivity contribution < 1.29 is 23.1 Å². The summed E-state index contributed by atoms with van der Waals surface area (Å²) in [6.07, 6.45) is -0.493. The summed E-state index contributed by atoms with van der Waals surface area (Å²) in [6.45, 7) is 1.27. The molecule has 1 amide bonds. The van der Waals surface area contributed by atoms with Gasteiger partial charge in [0.15, 0.2) is 0 Å². The first-order valence-electron chi connectivity index (χ1n) is 6.92. The molecule has 1 heterocycles. The molecule has 2 rings (SSSR count). The maximum atomic E-state index is 13.1. The predicted octanol–water partition coefficient (Wildman–Crippen LogP) is 1.65. The summed E-state index contributed by atoms with van der Waals surface area (Å²) >= 11 is 0. The fourth-order valence-corrected chi connectivity index (χ4v) is 2.32. The lowest BCUT2D eigenvalue weighted by Crippen LogP contribution is -2.41. The second-order valence-corrected chi connectivity index (χ2v) is 5.34. The molecule has 0 saturated carbocycles. The fourth-order valence-electron chi connectivity index (χ4n) is 2.32. The smallest absolute Gasteiger partial charge is 0.337 e. The van der Waals surface area contributed by atoms with Gasteiger partial charge in [0.05, 0.1) is 31.3 Å². The fraction of sp³-hybridized carbons (Fsp3) is 0.467. The van der Waals surface area contributed by atoms with Gasteiger partial charge >= 0.3 is 5.97 Å². The zero-order valence-corrected chi connectivity index (χ0v) is 12.4. The molecule has 22 heavy (non-hydrogen) atoms. The van der Waals surface area contributed by atoms with Crippen LogP contribution in [0.3, 0.4) is 0 Å². The van der Waals surface area contributed by atoms with E-state index in [0.717, 1.165) is 5.56 Å². The molecule has 1 aliphatic rings. The zero-order chi connectivity index (χ0) is 16.3. The summed E-state index contributed by atoms with van der Waals surface area (Å²) in [4.78, 5) is 23.3. The molecule has 1 saturated heterocycles. The highest BCUT2D eigenvalue weighted by molar-refractivity contribution is 5.89. The van der Waals surface area contributed by atoms with Crippen LogP contribution in [0.1, 0.15) is 35.3 Å². The van der Waals surface area contributed by atoms with Gasteiger partial charge in [-0.15, -0.1) is 0 Å². The normalized spacial score (nSPS) is 21.2. The summed E-state index contributed by atoms with van der Waals surface area (Å²) < 4.78 is 30.8. The summed E-state index contributed by atoms with van der Waals surface area (Å²) in [5.41, 5.74) is 1.17. The number of rotatable bonds is 4. The molecule has 0 aromatic heterocycles. The molecular weight excluding hydrogens is 294 g/mol. The number of halogens is 2. The standard InChI is InChI=1S/C15H18F2N2O3/c1-9(10-3-5-11(6-4-10)14(21)22-2)19-13(20)12-7-15(16,17)8-18-12/h3-6,9,12,18H,7-8H2,1-2H3,(H,19,20)/t9-,12?/m0/s1. The molecule has 0 radical (unpaired) electrons. The summed E-state index contributed by atoms with van der Waals surface area (Å²) in [5, 5.41) is 5.20. The van der Waals surface area contributed by atoms with Crippen LogP contribution in [0, 0.1) is 0 Å². The van der Waals surface area contributed by atoms with Crippen LogP contribution < -0.4 is 10.6 Å². The van der Waals surface area contributed by atoms with E-state index in [2.05, 4.69) is 15.4 Å². The highest BCUT2D eigenvalue weighted by Crippen LogP contribution is 2.25. The van der Waals surface area contributed by atoms with Crippen LogP contribution in [-0.4, -0.2) is 37.5 Å². The van der Waals surface area contributed by atoms with Crippen LogP contribution in [0.15, 0.2) is 24.3 Å². The first kappa shape index (κ1) is 16.4. The number of ether oxygens (including phenoxy) is 1. The molecular formula is C15H18F2N2O3. The first-order chi connectivity index (χ1) is 10.3. The monoisotopic (exact) mass is 312 g/mol. The van der Waals surface area contributed by atoms with E-state index >= 15 is 0 Å². The van der Waals surface area contributed by atoms with E-state index in [1.807, 2.05) is 0 Å². The van der Waals surface area contributed by atoms with Gasteiger partial charge in [0.25, 0.3) is 5.92 Å². The van der Waals surface area contributed by atoms with Gasteiger partial charge in [0, 0.05) is 6.42 Å². The summed E-state index contributed by atoms with van der Waals surface area (Å²) in [7, 11) is 1.30. The van der Waals surface area contributed by atoms with Crippen molar-refractivity contribution in [3.63, 3.8) is 0 Å². The quantitative estimate of drug-likeness (QED) is 0.830. The minimum absolute atomic E-state index is 0.352. The maximum absolute atomic E-state index is 13.1. The van der Waals surface area contributed by atoms with E-state index < -0.39 is 36.8 Å². The van der Waals surface area contributed by atoms with Crippen molar-refractivity contribution in [3.8, 4) is 0 Å². The molecule has 1 aliphatic heterocycles. The molecule has 1 aromatic rings. The Labute approximate surface area is 127 Å². The minimum Gasteiger partial charge on any atom is -0.465 e. The lowest BCUT2D eigenvalue weighted by molar-refractivity contribution is -0.124. The number of hydrogen-bond donors (Lipinski definition) is 2. The topological polar surface area (TPSA) is 67.4 Å². The average molecular weight is 312 g/mol. The molecule has 1 unspecified atom stereocenters. The number of amides is 1. The van der Waals surface area contributed by atoms with Gasteiger partial charge in [-0.25, -0.2) is 13.6 Å². The SMILES string of the molecule is COC(=O)c1ccc([C@H](C)NC(=O)C2CC(F)(F)CN2)cc1. The van der Waals surface area contributed by atoms with Gasteiger partial charge in [-0.2, -0.15) is 0 Å². The van der Waals surface area contributed by atoms with Crippen LogP contribution in [0.2, 0.25) is 0 Å². The van der Waals surface area contributed by atoms with Crippen LogP contribution in [-0.2, 0) is 9.53 Å². The minimum atomic E-state index is -2.84. The molecule has 120 valence electrons. The maximum Gasteiger partial charge on any atom is 0.337 e. The van der Waals surface area contributed by atoms with Gasteiger partial charge in [0.1, 0.15) is 0 Å². The molecule has 1 aromatic carbocycles. The third kappa shape index (κ3) is 3.79. The van der Waals surface area contributed by atoms with E-state index in [0.29, 0.717) is 5.56 Å². The number of benzene rings is 1. The van der Waals surface area contributed by atoms with Crippen LogP contribution in [0.5, 0.6) is 0 Å². The second-order valence-electron chi connectivity index (χ2n) is 5.34. The Morgan fingerprint density at radius 3 is 2.50 bits per heavy atom. The third-order valence-electron chi connectivity index (χ3n) is 3.62. The van der Waals surface area contributed by atoms with Crippen LogP contribution in [0.25, 0.3) is 0 Å². The molecule has 0 bridgehead atoms. The predicted molar refractivity (Wildman–Crippen MR) is 75.7 cm³/mol. The van der Waals surface area contributed by atoms with Gasteiger partial charge < -0.3 is 10.1 Å². The van der Waals surface area contributed by atoms with Crippen molar-refractivity contribution >= 4 is 11.9 Å². The van der Waals surface area contributed by atoms with Crippen LogP contribution in [0.4, 0.5) is 8.78 Å². The Kier molecular flexibility index (Phi) is 4.75. The van der Waals surface area contributed by atoms with Crippen molar-refractivity contribution in [1.29, 1.82) is 0 Å². The van der Waals surface area contributed by atoms with E-state index in [4.69, 9.17) is 0 Å². The van der Waals surface area contributed by atoms with E-state index in [1.165, 1.54) is 7.11 Å². The van der Waals surface area contributed by atoms with Crippen molar-refractivity contribution in [2.45, 2.75) is 31.4 Å². The van der Waals surface area contributed by atoms with Gasteiger partial charge in [-0.1, -0.05) is 12.1 Å². The Balaban J connectivity index is 1.96. The van der Waals surface area contributed by atoms with Crippen molar-refractivity contribution in [2.24, 2.45) is 0 Å². The molecule has 2 N–H and O–H groups in total. The van der Waals surface area contributed by atoms with E-state index in [9.17, 15) is 18.4 Å². The summed E-state index contributed by atoms with van der Waals surface area (Å²) in [6, 6.07) is 5.32. The molecule has 7 heteroatoms. The van der Waals surface area contributed by atoms with Gasteiger partial charge in [0.2, 0.25) is 5.91 Å². The van der Waals surface area contributed by atoms with Crippen molar-refractivity contribution in [3.05, 3.63) is 35.4 Å². The lowest BCUT2D eigenvalue weighted by atomic mass is 10.1. The highest BCUT2D eigenvalue weighted by Gasteiger charge is 2.42. The number of esters is 1. The molecule has 0 aliphatic carbocycles. The Morgan fingerprint density at radius 2 is 2.00 bits per heavy atom. The molecule has 1 fully saturated rings. The zero-order valence-electron chi connectivity index (χ0n) is 12.4. The molecule has 2 atom stereocenters. The third-order valence-corrected chi connectivity index (χ3v) is 3.62. The number of hydrogen-bond acceptors (Lipinski definition) is 4. The first-order valence-corrected chi connectivity index (χ1v) is 6.92. The molecule has 0 spiro atoms. The van der Waals surface area contributed by atoms with Crippen molar-refractivity contribution in [1.82, 2.24) is 10.6 Å². The highest BCUT2D eigenvalue weighted by atomic mass is 19.3. The Hall–Kier alpha value is -2.02. The van der Waals surface area contributed by atoms with Gasteiger partial charge in [-0.05, 0) is 24.6 Å². The second kappa shape index (κ2) is 6.39. The van der Waals surface area contributed by atoms with Crippen LogP contribution >= 0.6 is 0 Å². The van der Waals surface area contributed by atoms with E-state index in [-0.39, 0.29) is 6.04 Å². The number of methoxy groups -OCH3 is 1. The number of carbonyl (C=O) groups excluding carboxylic acids is 2. The van der Waals surface area contributed by atoms with Crippen molar-refractivity contribution in [2.75, 3.05) is 13.7 Å². The Morgan fingerprint density at radius 1 is 1.36 bits per heavy atom. The Bertz CT molecular complexity index is 560. The average Bonchev–Trinajstić information content (AvgIpc) is 2.86. The lowest BCUT2D eigenvalue weighted by Gasteiger charge is -2.17. The number of nitrogens with one attached hydrogen (secondary N) is 2. The number of alkyl halides is 2. The molecule has 5 nitrogen and oxygen atoms in total. The number of carbonyl (C=O) groups is 2. The summed E-state index contributed by atoms with van der Waals surface area (Å²) in [5.74, 6) is -3.74. The van der Waals surface area contributed by atoms with Gasteiger partial charge in [-0.3, -0.25) is 10.1 Å². The van der Waals surface area contributed by atoms with E-state index in [1.54, 1.807) is 31.2 Å². The largest absolute Gasteiger partial charge is 0.465 e.